The summed E-state index contributed by atoms with van der Waals surface area (Å²) in [6.45, 7) is 4.20. The molecule has 0 bridgehead atoms. The standard InChI is InChI=1S/C27H36N4O4/c1-18-21(16-35-31-18)25(32)30-24(19-7-5-3-2-4-6-8-19)26(33)29-20-9-10-22-23(15-20)28-17-27(22)11-13-34-14-12-27/h9-10,15-16,19,24,28H,2-8,11-14,17H2,1H3,(H,29,33)(H,30,32). The van der Waals surface area contributed by atoms with Gasteiger partial charge in [0.1, 0.15) is 17.9 Å². The van der Waals surface area contributed by atoms with Crippen LogP contribution in [0.5, 0.6) is 0 Å². The number of anilines is 2. The number of nitrogens with one attached hydrogen (secondary N) is 3. The molecule has 2 aromatic rings. The first-order chi connectivity index (χ1) is 17.1. The van der Waals surface area contributed by atoms with E-state index < -0.39 is 6.04 Å². The van der Waals surface area contributed by atoms with Crippen LogP contribution in [0.25, 0.3) is 0 Å². The molecule has 2 amide bonds. The summed E-state index contributed by atoms with van der Waals surface area (Å²) < 4.78 is 10.5. The number of hydrogen-bond acceptors (Lipinski definition) is 6. The van der Waals surface area contributed by atoms with Gasteiger partial charge in [-0.3, -0.25) is 9.59 Å². The second-order valence-corrected chi connectivity index (χ2v) is 10.4. The largest absolute Gasteiger partial charge is 0.384 e. The molecule has 1 aromatic heterocycles. The molecule has 1 unspecified atom stereocenters. The van der Waals surface area contributed by atoms with Gasteiger partial charge < -0.3 is 25.2 Å². The fourth-order valence-corrected chi connectivity index (χ4v) is 5.97. The second-order valence-electron chi connectivity index (χ2n) is 10.4. The summed E-state index contributed by atoms with van der Waals surface area (Å²) in [6, 6.07) is 5.54. The van der Waals surface area contributed by atoms with Crippen LogP contribution in [0.4, 0.5) is 11.4 Å². The van der Waals surface area contributed by atoms with Crippen molar-refractivity contribution in [1.29, 1.82) is 0 Å². The fraction of sp³-hybridized carbons (Fsp3) is 0.593. The zero-order valence-electron chi connectivity index (χ0n) is 20.5. The van der Waals surface area contributed by atoms with Gasteiger partial charge in [0, 0.05) is 36.5 Å². The molecule has 188 valence electrons. The van der Waals surface area contributed by atoms with Crippen LogP contribution in [0.2, 0.25) is 0 Å². The number of carbonyl (C=O) groups is 2. The zero-order chi connectivity index (χ0) is 24.3. The average molecular weight is 481 g/mol. The summed E-state index contributed by atoms with van der Waals surface area (Å²) in [5.74, 6) is -0.391. The Morgan fingerprint density at radius 3 is 2.57 bits per heavy atom. The SMILES string of the molecule is Cc1nocc1C(=O)NC(C(=O)Nc1ccc2c(c1)NCC21CCOCC1)C1CCCCCCC1. The summed E-state index contributed by atoms with van der Waals surface area (Å²) in [5.41, 5.74) is 4.16. The van der Waals surface area contributed by atoms with E-state index in [4.69, 9.17) is 9.26 Å². The van der Waals surface area contributed by atoms with Crippen molar-refractivity contribution >= 4 is 23.2 Å². The number of nitrogens with zero attached hydrogens (tertiary/aromatic N) is 1. The quantitative estimate of drug-likeness (QED) is 0.580. The Hall–Kier alpha value is -2.87. The maximum absolute atomic E-state index is 13.6. The number of fused-ring (bicyclic) bond motifs is 2. The first kappa shape index (κ1) is 23.9. The lowest BCUT2D eigenvalue weighted by Gasteiger charge is -2.33. The Labute approximate surface area is 206 Å². The lowest BCUT2D eigenvalue weighted by molar-refractivity contribution is -0.119. The number of aryl methyl sites for hydroxylation is 1. The van der Waals surface area contributed by atoms with Crippen molar-refractivity contribution in [1.82, 2.24) is 10.5 Å². The van der Waals surface area contributed by atoms with Crippen LogP contribution in [0.3, 0.4) is 0 Å². The van der Waals surface area contributed by atoms with Gasteiger partial charge >= 0.3 is 0 Å². The molecule has 3 N–H and O–H groups in total. The topological polar surface area (TPSA) is 105 Å². The highest BCUT2D eigenvalue weighted by Crippen LogP contribution is 2.44. The lowest BCUT2D eigenvalue weighted by Crippen LogP contribution is -2.48. The number of hydrogen-bond donors (Lipinski definition) is 3. The third-order valence-corrected chi connectivity index (χ3v) is 8.11. The van der Waals surface area contributed by atoms with Crippen LogP contribution in [-0.2, 0) is 14.9 Å². The van der Waals surface area contributed by atoms with Gasteiger partial charge in [0.15, 0.2) is 0 Å². The lowest BCUT2D eigenvalue weighted by atomic mass is 9.76. The highest BCUT2D eigenvalue weighted by Gasteiger charge is 2.40. The van der Waals surface area contributed by atoms with E-state index in [2.05, 4.69) is 27.2 Å². The van der Waals surface area contributed by atoms with Crippen LogP contribution in [-0.4, -0.2) is 42.8 Å². The van der Waals surface area contributed by atoms with Crippen LogP contribution >= 0.6 is 0 Å². The van der Waals surface area contributed by atoms with Gasteiger partial charge in [0.25, 0.3) is 5.91 Å². The van der Waals surface area contributed by atoms with Gasteiger partial charge in [-0.1, -0.05) is 43.3 Å². The Kier molecular flexibility index (Phi) is 7.09. The number of aromatic nitrogens is 1. The van der Waals surface area contributed by atoms with Gasteiger partial charge in [-0.15, -0.1) is 0 Å². The van der Waals surface area contributed by atoms with E-state index in [1.807, 2.05) is 12.1 Å². The minimum atomic E-state index is -0.613. The molecule has 35 heavy (non-hydrogen) atoms. The molecule has 1 aromatic carbocycles. The van der Waals surface area contributed by atoms with E-state index in [9.17, 15) is 9.59 Å². The van der Waals surface area contributed by atoms with Crippen LogP contribution < -0.4 is 16.0 Å². The third kappa shape index (κ3) is 5.08. The van der Waals surface area contributed by atoms with Crippen molar-refractivity contribution in [3.63, 3.8) is 0 Å². The Morgan fingerprint density at radius 2 is 1.86 bits per heavy atom. The van der Waals surface area contributed by atoms with Crippen molar-refractivity contribution in [3.8, 4) is 0 Å². The van der Waals surface area contributed by atoms with Gasteiger partial charge in [-0.05, 0) is 56.2 Å². The monoisotopic (exact) mass is 480 g/mol. The first-order valence-electron chi connectivity index (χ1n) is 13.0. The molecular weight excluding hydrogens is 444 g/mol. The molecule has 1 saturated heterocycles. The zero-order valence-corrected chi connectivity index (χ0v) is 20.5. The molecule has 1 spiro atoms. The normalized spacial score (nSPS) is 20.8. The summed E-state index contributed by atoms with van der Waals surface area (Å²) in [7, 11) is 0. The van der Waals surface area contributed by atoms with E-state index in [1.165, 1.54) is 31.1 Å². The van der Waals surface area contributed by atoms with E-state index in [-0.39, 0.29) is 23.1 Å². The van der Waals surface area contributed by atoms with Crippen molar-refractivity contribution in [2.45, 2.75) is 76.2 Å². The molecule has 0 radical (unpaired) electrons. The maximum atomic E-state index is 13.6. The van der Waals surface area contributed by atoms with Crippen molar-refractivity contribution in [2.75, 3.05) is 30.4 Å². The second kappa shape index (κ2) is 10.4. The number of benzene rings is 1. The predicted octanol–water partition coefficient (Wildman–Crippen LogP) is 4.55. The van der Waals surface area contributed by atoms with E-state index in [1.54, 1.807) is 6.92 Å². The Balaban J connectivity index is 1.34. The molecule has 8 nitrogen and oxygen atoms in total. The maximum Gasteiger partial charge on any atom is 0.257 e. The predicted molar refractivity (Wildman–Crippen MR) is 134 cm³/mol. The van der Waals surface area contributed by atoms with Crippen molar-refractivity contribution in [3.05, 3.63) is 41.3 Å². The summed E-state index contributed by atoms with van der Waals surface area (Å²) in [4.78, 5) is 26.6. The van der Waals surface area contributed by atoms with E-state index >= 15 is 0 Å². The van der Waals surface area contributed by atoms with E-state index in [0.717, 1.165) is 69.7 Å². The van der Waals surface area contributed by atoms with Crippen LogP contribution in [0, 0.1) is 12.8 Å². The van der Waals surface area contributed by atoms with Gasteiger partial charge in [0.05, 0.1) is 5.69 Å². The highest BCUT2D eigenvalue weighted by molar-refractivity contribution is 6.01. The highest BCUT2D eigenvalue weighted by atomic mass is 16.5. The molecule has 1 atom stereocenters. The molecule has 3 heterocycles. The number of amides is 2. The van der Waals surface area contributed by atoms with Gasteiger partial charge in [0.2, 0.25) is 5.91 Å². The van der Waals surface area contributed by atoms with Crippen molar-refractivity contribution < 1.29 is 18.8 Å². The van der Waals surface area contributed by atoms with Crippen molar-refractivity contribution in [2.24, 2.45) is 5.92 Å². The Morgan fingerprint density at radius 1 is 1.11 bits per heavy atom. The molecular formula is C27H36N4O4. The van der Waals surface area contributed by atoms with Crippen LogP contribution in [0.1, 0.15) is 79.4 Å². The van der Waals surface area contributed by atoms with Gasteiger partial charge in [-0.2, -0.15) is 0 Å². The minimum absolute atomic E-state index is 0.0949. The Bertz CT molecular complexity index is 1050. The molecule has 1 aliphatic carbocycles. The molecule has 8 heteroatoms. The fourth-order valence-electron chi connectivity index (χ4n) is 5.97. The molecule has 3 aliphatic rings. The average Bonchev–Trinajstić information content (AvgIpc) is 3.42. The number of rotatable bonds is 5. The summed E-state index contributed by atoms with van der Waals surface area (Å²) >= 11 is 0. The van der Waals surface area contributed by atoms with Gasteiger partial charge in [-0.25, -0.2) is 0 Å². The molecule has 2 fully saturated rings. The smallest absolute Gasteiger partial charge is 0.257 e. The third-order valence-electron chi connectivity index (χ3n) is 8.11. The van der Waals surface area contributed by atoms with E-state index in [0.29, 0.717) is 11.3 Å². The van der Waals surface area contributed by atoms with Crippen LogP contribution in [0.15, 0.2) is 29.0 Å². The molecule has 1 saturated carbocycles. The first-order valence-corrected chi connectivity index (χ1v) is 13.0. The number of carbonyl (C=O) groups excluding carboxylic acids is 2. The summed E-state index contributed by atoms with van der Waals surface area (Å²) in [6.07, 6.45) is 11.0. The molecule has 5 rings (SSSR count). The minimum Gasteiger partial charge on any atom is -0.384 e. The molecule has 2 aliphatic heterocycles. The summed E-state index contributed by atoms with van der Waals surface area (Å²) in [5, 5.41) is 13.5. The number of ether oxygens (including phenoxy) is 1.